The highest BCUT2D eigenvalue weighted by Gasteiger charge is 1.99. The monoisotopic (exact) mass is 272 g/mol. The fourth-order valence-corrected chi connectivity index (χ4v) is 1.20. The van der Waals surface area contributed by atoms with Crippen molar-refractivity contribution in [1.29, 1.82) is 0 Å². The number of nitrogens with one attached hydrogen (secondary N) is 1. The average Bonchev–Trinajstić information content (AvgIpc) is 1.81. The third-order valence-electron chi connectivity index (χ3n) is 1.04. The lowest BCUT2D eigenvalue weighted by Gasteiger charge is -2.11. The lowest BCUT2D eigenvalue weighted by Crippen LogP contribution is -2.21. The molecule has 4 heteroatoms. The first-order valence-corrected chi connectivity index (χ1v) is 4.85. The molecule has 0 aromatic carbocycles. The highest BCUT2D eigenvalue weighted by Crippen LogP contribution is 2.06. The van der Waals surface area contributed by atoms with Crippen LogP contribution in [-0.2, 0) is 0 Å². The van der Waals surface area contributed by atoms with Crippen molar-refractivity contribution in [3.05, 3.63) is 10.7 Å². The van der Waals surface area contributed by atoms with Gasteiger partial charge in [0.05, 0.1) is 9.08 Å². The van der Waals surface area contributed by atoms with Crippen LogP contribution in [0.4, 0.5) is 0 Å². The van der Waals surface area contributed by atoms with Crippen molar-refractivity contribution in [2.75, 3.05) is 0 Å². The maximum atomic E-state index is 5.47. The molecule has 0 aliphatic heterocycles. The van der Waals surface area contributed by atoms with Crippen molar-refractivity contribution in [3.8, 4) is 0 Å². The zero-order valence-electron chi connectivity index (χ0n) is 6.19. The van der Waals surface area contributed by atoms with Crippen molar-refractivity contribution in [2.24, 2.45) is 5.73 Å². The van der Waals surface area contributed by atoms with Crippen LogP contribution in [-0.4, -0.2) is 4.05 Å². The van der Waals surface area contributed by atoms with E-state index in [1.54, 1.807) is 0 Å². The Morgan fingerprint density at radius 2 is 2.30 bits per heavy atom. The summed E-state index contributed by atoms with van der Waals surface area (Å²) in [4.78, 5) is 0. The Morgan fingerprint density at radius 1 is 1.80 bits per heavy atom. The fraction of sp³-hybridized carbons (Fsp3) is 0.667. The number of rotatable bonds is 3. The summed E-state index contributed by atoms with van der Waals surface area (Å²) in [7, 11) is 0. The molecule has 0 radical (unpaired) electrons. The Bertz CT molecular complexity index is 130. The number of alkyl halides is 1. The molecule has 0 fully saturated rings. The molecule has 0 spiro atoms. The van der Waals surface area contributed by atoms with E-state index in [4.69, 9.17) is 5.73 Å². The summed E-state index contributed by atoms with van der Waals surface area (Å²) in [6.45, 7) is 4.11. The van der Waals surface area contributed by atoms with Gasteiger partial charge in [-0.15, -0.1) is 12.6 Å². The summed E-state index contributed by atoms with van der Waals surface area (Å²) in [5, 5.41) is 3.78. The molecule has 0 saturated carbocycles. The summed E-state index contributed by atoms with van der Waals surface area (Å²) in [5.41, 5.74) is 6.49. The maximum absolute atomic E-state index is 5.47. The van der Waals surface area contributed by atoms with E-state index in [0.717, 1.165) is 12.1 Å². The minimum atomic E-state index is 0.401. The third kappa shape index (κ3) is 4.27. The van der Waals surface area contributed by atoms with Crippen molar-refractivity contribution in [1.82, 2.24) is 5.32 Å². The number of hydrogen-bond acceptors (Lipinski definition) is 3. The molecule has 0 rings (SSSR count). The second-order valence-corrected chi connectivity index (χ2v) is 4.33. The Hall–Kier alpha value is 0.420. The Morgan fingerprint density at radius 3 is 2.40 bits per heavy atom. The van der Waals surface area contributed by atoms with E-state index in [2.05, 4.69) is 47.5 Å². The second kappa shape index (κ2) is 5.12. The van der Waals surface area contributed by atoms with Gasteiger partial charge in [0.15, 0.2) is 0 Å². The summed E-state index contributed by atoms with van der Waals surface area (Å²) in [6, 6.07) is 0. The molecule has 0 amide bonds. The quantitative estimate of drug-likeness (QED) is 0.317. The molecule has 60 valence electrons. The average molecular weight is 272 g/mol. The van der Waals surface area contributed by atoms with Crippen LogP contribution in [0.15, 0.2) is 10.7 Å². The zero-order chi connectivity index (χ0) is 8.15. The van der Waals surface area contributed by atoms with Crippen LogP contribution in [0, 0.1) is 0 Å². The molecule has 1 atom stereocenters. The molecular formula is C6H13IN2S. The number of hydrogen-bond donors (Lipinski definition) is 3. The minimum absolute atomic E-state index is 0.401. The summed E-state index contributed by atoms with van der Waals surface area (Å²) in [5.74, 6) is 0. The van der Waals surface area contributed by atoms with Gasteiger partial charge in [0.1, 0.15) is 0 Å². The number of allylic oxidation sites excluding steroid dienone is 1. The number of halogens is 1. The minimum Gasteiger partial charge on any atom is -0.392 e. The van der Waals surface area contributed by atoms with Gasteiger partial charge in [-0.25, -0.2) is 0 Å². The second-order valence-electron chi connectivity index (χ2n) is 1.98. The van der Waals surface area contributed by atoms with E-state index in [1.807, 2.05) is 6.92 Å². The molecule has 1 unspecified atom stereocenters. The molecule has 2 nitrogen and oxygen atoms in total. The van der Waals surface area contributed by atoms with Crippen LogP contribution in [0.1, 0.15) is 20.3 Å². The summed E-state index contributed by atoms with van der Waals surface area (Å²) < 4.78 is 0.401. The molecular weight excluding hydrogens is 259 g/mol. The van der Waals surface area contributed by atoms with Gasteiger partial charge in [-0.1, -0.05) is 29.5 Å². The van der Waals surface area contributed by atoms with Crippen LogP contribution < -0.4 is 11.1 Å². The largest absolute Gasteiger partial charge is 0.392 e. The molecule has 0 aromatic heterocycles. The summed E-state index contributed by atoms with van der Waals surface area (Å²) in [6.07, 6.45) is 0.905. The number of thiol groups is 1. The smallest absolute Gasteiger partial charge is 0.0817 e. The van der Waals surface area contributed by atoms with E-state index < -0.39 is 0 Å². The zero-order valence-corrected chi connectivity index (χ0v) is 9.24. The molecule has 0 saturated heterocycles. The number of nitrogens with two attached hydrogens (primary N) is 1. The van der Waals surface area contributed by atoms with Gasteiger partial charge >= 0.3 is 0 Å². The molecule has 0 aliphatic rings. The fourth-order valence-electron chi connectivity index (χ4n) is 0.597. The van der Waals surface area contributed by atoms with E-state index in [0.29, 0.717) is 9.08 Å². The molecule has 0 aliphatic carbocycles. The first-order valence-electron chi connectivity index (χ1n) is 3.16. The maximum Gasteiger partial charge on any atom is 0.0817 e. The topological polar surface area (TPSA) is 38.0 Å². The first kappa shape index (κ1) is 10.4. The lowest BCUT2D eigenvalue weighted by molar-refractivity contribution is 0.779. The van der Waals surface area contributed by atoms with Gasteiger partial charge in [0.25, 0.3) is 0 Å². The van der Waals surface area contributed by atoms with Crippen molar-refractivity contribution in [3.63, 3.8) is 0 Å². The van der Waals surface area contributed by atoms with Crippen molar-refractivity contribution in [2.45, 2.75) is 24.3 Å². The predicted octanol–water partition coefficient (Wildman–Crippen LogP) is 1.82. The van der Waals surface area contributed by atoms with Gasteiger partial charge < -0.3 is 11.1 Å². The molecule has 10 heavy (non-hydrogen) atoms. The van der Waals surface area contributed by atoms with E-state index >= 15 is 0 Å². The van der Waals surface area contributed by atoms with E-state index in [-0.39, 0.29) is 0 Å². The first-order chi connectivity index (χ1) is 4.57. The Balaban J connectivity index is 3.97. The van der Waals surface area contributed by atoms with Gasteiger partial charge in [-0.05, 0) is 13.3 Å². The third-order valence-corrected chi connectivity index (χ3v) is 1.62. The molecule has 0 aromatic rings. The normalized spacial score (nSPS) is 16.0. The highest BCUT2D eigenvalue weighted by molar-refractivity contribution is 14.1. The van der Waals surface area contributed by atoms with Gasteiger partial charge in [0.2, 0.25) is 0 Å². The molecule has 0 heterocycles. The van der Waals surface area contributed by atoms with Gasteiger partial charge in [0, 0.05) is 5.70 Å². The predicted molar refractivity (Wildman–Crippen MR) is 57.1 cm³/mol. The lowest BCUT2D eigenvalue weighted by atomic mass is 10.3. The van der Waals surface area contributed by atoms with Gasteiger partial charge in [-0.3, -0.25) is 0 Å². The van der Waals surface area contributed by atoms with E-state index in [9.17, 15) is 0 Å². The Kier molecular flexibility index (Phi) is 5.34. The van der Waals surface area contributed by atoms with Gasteiger partial charge in [-0.2, -0.15) is 0 Å². The Labute approximate surface area is 81.2 Å². The molecule has 3 N–H and O–H groups in total. The van der Waals surface area contributed by atoms with Crippen LogP contribution in [0.25, 0.3) is 0 Å². The van der Waals surface area contributed by atoms with Crippen molar-refractivity contribution >= 4 is 35.2 Å². The van der Waals surface area contributed by atoms with Crippen LogP contribution in [0.3, 0.4) is 0 Å². The highest BCUT2D eigenvalue weighted by atomic mass is 127. The standard InChI is InChI=1S/C6H13IN2S/c1-3-5(6(8)10)9-4(2)7/h4,9-10H,3,8H2,1-2H3/b6-5-. The van der Waals surface area contributed by atoms with Crippen LogP contribution in [0.5, 0.6) is 0 Å². The van der Waals surface area contributed by atoms with Crippen LogP contribution in [0.2, 0.25) is 0 Å². The summed E-state index contributed by atoms with van der Waals surface area (Å²) >= 11 is 6.32. The van der Waals surface area contributed by atoms with Crippen LogP contribution >= 0.6 is 35.2 Å². The molecule has 0 bridgehead atoms. The van der Waals surface area contributed by atoms with Crippen molar-refractivity contribution < 1.29 is 0 Å². The van der Waals surface area contributed by atoms with E-state index in [1.165, 1.54) is 0 Å². The SMILES string of the molecule is CC/C(NC(C)I)=C(\N)S.